The van der Waals surface area contributed by atoms with E-state index in [0.717, 1.165) is 6.07 Å². The molecule has 7 heteroatoms. The molecular formula is C17H16F3NO2S. The molecule has 3 rings (SSSR count). The summed E-state index contributed by atoms with van der Waals surface area (Å²) in [6.45, 7) is 1.71. The molecule has 1 saturated carbocycles. The normalized spacial score (nSPS) is 14.7. The Morgan fingerprint density at radius 3 is 2.42 bits per heavy atom. The molecule has 128 valence electrons. The lowest BCUT2D eigenvalue weighted by molar-refractivity contribution is 0.500. The second-order valence-corrected chi connectivity index (χ2v) is 7.97. The molecule has 0 atom stereocenters. The van der Waals surface area contributed by atoms with Crippen LogP contribution >= 0.6 is 0 Å². The van der Waals surface area contributed by atoms with Crippen molar-refractivity contribution >= 4 is 15.7 Å². The Balaban J connectivity index is 2.00. The van der Waals surface area contributed by atoms with Crippen LogP contribution in [0.4, 0.5) is 18.9 Å². The van der Waals surface area contributed by atoms with Crippen LogP contribution in [0.3, 0.4) is 0 Å². The third-order valence-corrected chi connectivity index (χ3v) is 5.84. The molecular weight excluding hydrogens is 339 g/mol. The molecule has 0 aromatic heterocycles. The van der Waals surface area contributed by atoms with Crippen LogP contribution in [0.1, 0.15) is 29.5 Å². The molecule has 1 aliphatic rings. The summed E-state index contributed by atoms with van der Waals surface area (Å²) in [7, 11) is -3.63. The maximum absolute atomic E-state index is 14.2. The van der Waals surface area contributed by atoms with Crippen molar-refractivity contribution < 1.29 is 21.6 Å². The zero-order valence-corrected chi connectivity index (χ0v) is 13.8. The van der Waals surface area contributed by atoms with Crippen LogP contribution in [-0.2, 0) is 16.4 Å². The second kappa shape index (κ2) is 6.12. The molecule has 2 aromatic rings. The summed E-state index contributed by atoms with van der Waals surface area (Å²) in [5.41, 5.74) is 0.602. The van der Waals surface area contributed by atoms with Crippen LogP contribution in [0.25, 0.3) is 0 Å². The van der Waals surface area contributed by atoms with Gasteiger partial charge in [0.1, 0.15) is 5.82 Å². The van der Waals surface area contributed by atoms with E-state index < -0.39 is 32.7 Å². The number of aryl methyl sites for hydroxylation is 1. The van der Waals surface area contributed by atoms with E-state index in [0.29, 0.717) is 18.4 Å². The number of sulfonamides is 1. The molecule has 0 spiro atoms. The van der Waals surface area contributed by atoms with Gasteiger partial charge in [-0.1, -0.05) is 12.1 Å². The highest BCUT2D eigenvalue weighted by Crippen LogP contribution is 2.32. The molecule has 3 nitrogen and oxygen atoms in total. The average Bonchev–Trinajstić information content (AvgIpc) is 3.34. The van der Waals surface area contributed by atoms with Gasteiger partial charge in [-0.05, 0) is 49.1 Å². The average molecular weight is 355 g/mol. The van der Waals surface area contributed by atoms with E-state index in [-0.39, 0.29) is 23.2 Å². The Morgan fingerprint density at radius 2 is 1.79 bits per heavy atom. The smallest absolute Gasteiger partial charge is 0.235 e. The topological polar surface area (TPSA) is 46.2 Å². The first-order valence-electron chi connectivity index (χ1n) is 7.51. The number of benzene rings is 2. The quantitative estimate of drug-likeness (QED) is 0.884. The van der Waals surface area contributed by atoms with E-state index in [1.165, 1.54) is 18.2 Å². The highest BCUT2D eigenvalue weighted by Gasteiger charge is 2.36. The predicted molar refractivity (Wildman–Crippen MR) is 85.9 cm³/mol. The van der Waals surface area contributed by atoms with Gasteiger partial charge in [0.25, 0.3) is 0 Å². The largest absolute Gasteiger partial charge is 0.283 e. The van der Waals surface area contributed by atoms with Crippen LogP contribution in [-0.4, -0.2) is 13.7 Å². The summed E-state index contributed by atoms with van der Waals surface area (Å²) in [4.78, 5) is 0. The maximum atomic E-state index is 14.2. The highest BCUT2D eigenvalue weighted by atomic mass is 32.2. The van der Waals surface area contributed by atoms with E-state index in [1.807, 2.05) is 0 Å². The van der Waals surface area contributed by atoms with Crippen molar-refractivity contribution in [1.29, 1.82) is 0 Å². The van der Waals surface area contributed by atoms with E-state index in [2.05, 4.69) is 4.72 Å². The number of hydrogen-bond donors (Lipinski definition) is 1. The molecule has 0 aliphatic heterocycles. The molecule has 0 heterocycles. The Kier molecular flexibility index (Phi) is 4.29. The van der Waals surface area contributed by atoms with Crippen molar-refractivity contribution in [2.75, 3.05) is 4.72 Å². The summed E-state index contributed by atoms with van der Waals surface area (Å²) < 4.78 is 68.3. The molecule has 0 unspecified atom stereocenters. The minimum Gasteiger partial charge on any atom is -0.283 e. The van der Waals surface area contributed by atoms with E-state index in [4.69, 9.17) is 0 Å². The number of halogens is 3. The number of nitrogens with one attached hydrogen (secondary N) is 1. The van der Waals surface area contributed by atoms with Crippen LogP contribution in [0, 0.1) is 24.4 Å². The van der Waals surface area contributed by atoms with Gasteiger partial charge in [0.15, 0.2) is 11.6 Å². The Bertz CT molecular complexity index is 893. The first-order chi connectivity index (χ1) is 11.3. The number of rotatable bonds is 5. The molecule has 2 aromatic carbocycles. The zero-order valence-electron chi connectivity index (χ0n) is 12.9. The summed E-state index contributed by atoms with van der Waals surface area (Å²) in [6, 6.07) is 6.45. The lowest BCUT2D eigenvalue weighted by Gasteiger charge is -2.14. The first kappa shape index (κ1) is 16.8. The Labute approximate surface area is 138 Å². The van der Waals surface area contributed by atoms with Crippen LogP contribution in [0.15, 0.2) is 30.3 Å². The summed E-state index contributed by atoms with van der Waals surface area (Å²) in [5.74, 6) is -2.83. The molecule has 1 fully saturated rings. The first-order valence-corrected chi connectivity index (χ1v) is 9.06. The van der Waals surface area contributed by atoms with Crippen molar-refractivity contribution in [2.45, 2.75) is 31.4 Å². The van der Waals surface area contributed by atoms with Gasteiger partial charge in [-0.15, -0.1) is 0 Å². The van der Waals surface area contributed by atoms with E-state index >= 15 is 0 Å². The van der Waals surface area contributed by atoms with Crippen molar-refractivity contribution in [3.63, 3.8) is 0 Å². The van der Waals surface area contributed by atoms with Gasteiger partial charge in [-0.25, -0.2) is 21.6 Å². The van der Waals surface area contributed by atoms with Crippen LogP contribution < -0.4 is 4.72 Å². The fourth-order valence-electron chi connectivity index (χ4n) is 2.46. The van der Waals surface area contributed by atoms with Crippen LogP contribution in [0.5, 0.6) is 0 Å². The van der Waals surface area contributed by atoms with Gasteiger partial charge in [-0.3, -0.25) is 4.72 Å². The SMILES string of the molecule is Cc1ccc(Cc2c(NS(=O)(=O)C3CC3)ccc(F)c2F)c(F)c1. The van der Waals surface area contributed by atoms with E-state index in [9.17, 15) is 21.6 Å². The third-order valence-electron chi connectivity index (χ3n) is 3.99. The summed E-state index contributed by atoms with van der Waals surface area (Å²) in [5, 5.41) is -0.505. The minimum absolute atomic E-state index is 0.0548. The summed E-state index contributed by atoms with van der Waals surface area (Å²) in [6.07, 6.45) is 0.833. The molecule has 1 aliphatic carbocycles. The standard InChI is InChI=1S/C17H16F3NO2S/c1-10-2-3-11(15(19)8-10)9-13-16(7-6-14(18)17(13)20)21-24(22,23)12-4-5-12/h2-3,6-8,12,21H,4-5,9H2,1H3. The monoisotopic (exact) mass is 355 g/mol. The molecule has 0 bridgehead atoms. The van der Waals surface area contributed by atoms with Crippen LogP contribution in [0.2, 0.25) is 0 Å². The zero-order chi connectivity index (χ0) is 17.5. The fraction of sp³-hybridized carbons (Fsp3) is 0.294. The Morgan fingerprint density at radius 1 is 1.08 bits per heavy atom. The van der Waals surface area contributed by atoms with Gasteiger partial charge in [0, 0.05) is 12.0 Å². The lowest BCUT2D eigenvalue weighted by Crippen LogP contribution is -2.19. The van der Waals surface area contributed by atoms with E-state index in [1.54, 1.807) is 13.0 Å². The molecule has 0 amide bonds. The predicted octanol–water partition coefficient (Wildman–Crippen LogP) is 3.91. The van der Waals surface area contributed by atoms with Crippen molar-refractivity contribution in [1.82, 2.24) is 0 Å². The van der Waals surface area contributed by atoms with Gasteiger partial charge in [-0.2, -0.15) is 0 Å². The highest BCUT2D eigenvalue weighted by molar-refractivity contribution is 7.93. The minimum atomic E-state index is -3.63. The van der Waals surface area contributed by atoms with Gasteiger partial charge >= 0.3 is 0 Å². The molecule has 0 saturated heterocycles. The second-order valence-electron chi connectivity index (χ2n) is 6.01. The molecule has 0 radical (unpaired) electrons. The number of hydrogen-bond acceptors (Lipinski definition) is 2. The van der Waals surface area contributed by atoms with Gasteiger partial charge in [0.2, 0.25) is 10.0 Å². The summed E-state index contributed by atoms with van der Waals surface area (Å²) >= 11 is 0. The lowest BCUT2D eigenvalue weighted by atomic mass is 10.0. The molecule has 1 N–H and O–H groups in total. The third kappa shape index (κ3) is 3.40. The van der Waals surface area contributed by atoms with Crippen molar-refractivity contribution in [3.8, 4) is 0 Å². The van der Waals surface area contributed by atoms with Crippen molar-refractivity contribution in [2.24, 2.45) is 0 Å². The number of anilines is 1. The van der Waals surface area contributed by atoms with Gasteiger partial charge in [0.05, 0.1) is 10.9 Å². The fourth-order valence-corrected chi connectivity index (χ4v) is 3.88. The van der Waals surface area contributed by atoms with Gasteiger partial charge < -0.3 is 0 Å². The Hall–Kier alpha value is -2.02. The molecule has 24 heavy (non-hydrogen) atoms. The maximum Gasteiger partial charge on any atom is 0.235 e. The van der Waals surface area contributed by atoms with Crippen molar-refractivity contribution in [3.05, 3.63) is 64.5 Å².